The van der Waals surface area contributed by atoms with Gasteiger partial charge in [0.15, 0.2) is 0 Å². The van der Waals surface area contributed by atoms with Gasteiger partial charge in [0.05, 0.1) is 12.8 Å². The molecule has 0 amide bonds. The molecule has 0 radical (unpaired) electrons. The Hall–Kier alpha value is -2.12. The molecule has 0 atom stereocenters. The van der Waals surface area contributed by atoms with Gasteiger partial charge >= 0.3 is 11.7 Å². The molecule has 148 valence electrons. The van der Waals surface area contributed by atoms with Gasteiger partial charge < -0.3 is 10.1 Å². The van der Waals surface area contributed by atoms with E-state index in [0.717, 1.165) is 30.8 Å². The summed E-state index contributed by atoms with van der Waals surface area (Å²) in [5, 5.41) is 7.62. The Morgan fingerprint density at radius 2 is 1.96 bits per heavy atom. The number of carbonyl (C=O) groups is 1. The van der Waals surface area contributed by atoms with Crippen LogP contribution < -0.4 is 11.0 Å². The highest BCUT2D eigenvalue weighted by molar-refractivity contribution is 5.85. The van der Waals surface area contributed by atoms with E-state index in [9.17, 15) is 9.59 Å². The highest BCUT2D eigenvalue weighted by Gasteiger charge is 2.14. The quantitative estimate of drug-likeness (QED) is 0.726. The van der Waals surface area contributed by atoms with Gasteiger partial charge in [-0.25, -0.2) is 14.0 Å². The molecule has 1 aromatic carbocycles. The van der Waals surface area contributed by atoms with E-state index in [1.807, 2.05) is 24.3 Å². The average Bonchev–Trinajstić information content (AvgIpc) is 3.06. The summed E-state index contributed by atoms with van der Waals surface area (Å²) in [5.41, 5.74) is 1.71. The fraction of sp³-hybridized carbons (Fsp3) is 0.526. The van der Waals surface area contributed by atoms with Crippen molar-refractivity contribution in [2.75, 3.05) is 20.2 Å². The number of rotatable bonds is 7. The molecule has 27 heavy (non-hydrogen) atoms. The van der Waals surface area contributed by atoms with Crippen LogP contribution in [0.4, 0.5) is 0 Å². The number of nitrogens with one attached hydrogen (secondary N) is 1. The second kappa shape index (κ2) is 10.3. The number of aryl methyl sites for hydroxylation is 2. The Bertz CT molecular complexity index is 779. The second-order valence-electron chi connectivity index (χ2n) is 6.73. The average molecular weight is 395 g/mol. The van der Waals surface area contributed by atoms with Gasteiger partial charge in [-0.05, 0) is 62.4 Å². The summed E-state index contributed by atoms with van der Waals surface area (Å²) in [6.07, 6.45) is 5.88. The number of methoxy groups -OCH3 is 1. The molecule has 0 unspecified atom stereocenters. The van der Waals surface area contributed by atoms with Gasteiger partial charge in [-0.3, -0.25) is 4.79 Å². The summed E-state index contributed by atoms with van der Waals surface area (Å²) in [6, 6.07) is 7.62. The lowest BCUT2D eigenvalue weighted by Crippen LogP contribution is -2.30. The number of ether oxygens (including phenoxy) is 1. The van der Waals surface area contributed by atoms with Crippen molar-refractivity contribution in [3.63, 3.8) is 0 Å². The summed E-state index contributed by atoms with van der Waals surface area (Å²) in [7, 11) is 1.39. The molecule has 1 aliphatic heterocycles. The number of benzene rings is 1. The van der Waals surface area contributed by atoms with Crippen LogP contribution in [0.2, 0.25) is 0 Å². The molecule has 0 bridgehead atoms. The Labute approximate surface area is 165 Å². The van der Waals surface area contributed by atoms with E-state index in [-0.39, 0.29) is 24.1 Å². The van der Waals surface area contributed by atoms with Crippen LogP contribution in [0.25, 0.3) is 5.69 Å². The zero-order chi connectivity index (χ0) is 18.4. The van der Waals surface area contributed by atoms with Gasteiger partial charge in [0, 0.05) is 13.0 Å². The number of piperidine rings is 1. The van der Waals surface area contributed by atoms with Gasteiger partial charge in [-0.2, -0.15) is 5.10 Å². The first kappa shape index (κ1) is 21.2. The van der Waals surface area contributed by atoms with Crippen LogP contribution >= 0.6 is 12.4 Å². The third-order valence-electron chi connectivity index (χ3n) is 5.00. The lowest BCUT2D eigenvalue weighted by molar-refractivity contribution is -0.140. The molecule has 2 heterocycles. The van der Waals surface area contributed by atoms with Crippen molar-refractivity contribution in [1.82, 2.24) is 19.7 Å². The first-order valence-corrected chi connectivity index (χ1v) is 9.18. The largest absolute Gasteiger partial charge is 0.469 e. The molecule has 0 saturated carbocycles. The zero-order valence-corrected chi connectivity index (χ0v) is 16.4. The van der Waals surface area contributed by atoms with Crippen LogP contribution in [0.5, 0.6) is 0 Å². The maximum Gasteiger partial charge on any atom is 0.350 e. The topological polar surface area (TPSA) is 78.2 Å². The lowest BCUT2D eigenvalue weighted by Gasteiger charge is -2.22. The van der Waals surface area contributed by atoms with Gasteiger partial charge in [0.25, 0.3) is 0 Å². The van der Waals surface area contributed by atoms with Crippen molar-refractivity contribution in [3.05, 3.63) is 46.6 Å². The number of halogens is 1. The fourth-order valence-electron chi connectivity index (χ4n) is 3.31. The number of nitrogens with zero attached hydrogens (tertiary/aromatic N) is 3. The van der Waals surface area contributed by atoms with Crippen LogP contribution in [-0.4, -0.2) is 40.5 Å². The lowest BCUT2D eigenvalue weighted by atomic mass is 9.95. The first-order valence-electron chi connectivity index (χ1n) is 9.18. The third kappa shape index (κ3) is 5.68. The van der Waals surface area contributed by atoms with Gasteiger partial charge in [0.2, 0.25) is 0 Å². The van der Waals surface area contributed by atoms with E-state index in [0.29, 0.717) is 25.3 Å². The predicted octanol–water partition coefficient (Wildman–Crippen LogP) is 1.95. The molecule has 0 aliphatic carbocycles. The molecular weight excluding hydrogens is 368 g/mol. The summed E-state index contributed by atoms with van der Waals surface area (Å²) in [6.45, 7) is 2.79. The van der Waals surface area contributed by atoms with Crippen LogP contribution in [0, 0.1) is 5.92 Å². The van der Waals surface area contributed by atoms with E-state index in [4.69, 9.17) is 0 Å². The van der Waals surface area contributed by atoms with Gasteiger partial charge in [-0.1, -0.05) is 12.1 Å². The molecule has 7 nitrogen and oxygen atoms in total. The van der Waals surface area contributed by atoms with Crippen LogP contribution in [-0.2, 0) is 22.5 Å². The summed E-state index contributed by atoms with van der Waals surface area (Å²) in [5.74, 6) is 0.447. The summed E-state index contributed by atoms with van der Waals surface area (Å²) < 4.78 is 7.76. The summed E-state index contributed by atoms with van der Waals surface area (Å²) >= 11 is 0. The normalized spacial score (nSPS) is 14.6. The Kier molecular flexibility index (Phi) is 8.06. The fourth-order valence-corrected chi connectivity index (χ4v) is 3.31. The summed E-state index contributed by atoms with van der Waals surface area (Å²) in [4.78, 5) is 23.8. The molecule has 1 saturated heterocycles. The van der Waals surface area contributed by atoms with Crippen LogP contribution in [0.1, 0.15) is 31.2 Å². The maximum atomic E-state index is 12.6. The minimum atomic E-state index is -0.222. The van der Waals surface area contributed by atoms with Gasteiger partial charge in [-0.15, -0.1) is 12.4 Å². The van der Waals surface area contributed by atoms with Crippen molar-refractivity contribution in [3.8, 4) is 5.69 Å². The molecule has 1 aromatic heterocycles. The van der Waals surface area contributed by atoms with Crippen LogP contribution in [0.15, 0.2) is 35.4 Å². The predicted molar refractivity (Wildman–Crippen MR) is 106 cm³/mol. The van der Waals surface area contributed by atoms with Crippen molar-refractivity contribution in [1.29, 1.82) is 0 Å². The van der Waals surface area contributed by atoms with E-state index in [1.54, 1.807) is 15.6 Å². The molecule has 1 aliphatic rings. The molecule has 3 rings (SSSR count). The SMILES string of the molecule is COC(=O)CCc1ccc(-n2cnn(CCC3CCNCC3)c2=O)cc1.Cl. The van der Waals surface area contributed by atoms with Crippen molar-refractivity contribution < 1.29 is 9.53 Å². The van der Waals surface area contributed by atoms with Gasteiger partial charge in [0.1, 0.15) is 6.33 Å². The minimum absolute atomic E-state index is 0. The van der Waals surface area contributed by atoms with E-state index in [2.05, 4.69) is 15.2 Å². The number of carbonyl (C=O) groups excluding carboxylic acids is 1. The highest BCUT2D eigenvalue weighted by Crippen LogP contribution is 2.16. The standard InChI is InChI=1S/C19H26N4O3.ClH/c1-26-18(24)7-4-15-2-5-17(6-3-15)22-14-21-23(19(22)25)13-10-16-8-11-20-12-9-16;/h2-3,5-6,14,16,20H,4,7-13H2,1H3;1H. The molecule has 1 fully saturated rings. The minimum Gasteiger partial charge on any atom is -0.469 e. The molecule has 2 aromatic rings. The van der Waals surface area contributed by atoms with Crippen molar-refractivity contribution in [2.24, 2.45) is 5.92 Å². The van der Waals surface area contributed by atoms with E-state index >= 15 is 0 Å². The Balaban J connectivity index is 0.00000261. The van der Waals surface area contributed by atoms with E-state index < -0.39 is 0 Å². The molecule has 8 heteroatoms. The van der Waals surface area contributed by atoms with Crippen LogP contribution in [0.3, 0.4) is 0 Å². The number of esters is 1. The number of hydrogen-bond donors (Lipinski definition) is 1. The smallest absolute Gasteiger partial charge is 0.350 e. The second-order valence-corrected chi connectivity index (χ2v) is 6.73. The zero-order valence-electron chi connectivity index (χ0n) is 15.6. The maximum absolute atomic E-state index is 12.6. The number of aromatic nitrogens is 3. The number of hydrogen-bond acceptors (Lipinski definition) is 5. The Morgan fingerprint density at radius 1 is 1.26 bits per heavy atom. The monoisotopic (exact) mass is 394 g/mol. The first-order chi connectivity index (χ1) is 12.7. The van der Waals surface area contributed by atoms with Crippen molar-refractivity contribution >= 4 is 18.4 Å². The Morgan fingerprint density at radius 3 is 2.63 bits per heavy atom. The van der Waals surface area contributed by atoms with E-state index in [1.165, 1.54) is 20.0 Å². The molecular formula is C19H27ClN4O3. The highest BCUT2D eigenvalue weighted by atomic mass is 35.5. The molecule has 0 spiro atoms. The van der Waals surface area contributed by atoms with Crippen molar-refractivity contribution in [2.45, 2.75) is 38.6 Å². The molecule has 1 N–H and O–H groups in total. The third-order valence-corrected chi connectivity index (χ3v) is 5.00.